The predicted molar refractivity (Wildman–Crippen MR) is 61.1 cm³/mol. The molecule has 1 fully saturated rings. The summed E-state index contributed by atoms with van der Waals surface area (Å²) < 4.78 is 4.12. The van der Waals surface area contributed by atoms with E-state index in [0.717, 1.165) is 23.9 Å². The van der Waals surface area contributed by atoms with E-state index < -0.39 is 0 Å². The summed E-state index contributed by atoms with van der Waals surface area (Å²) in [6.45, 7) is 3.13. The third kappa shape index (κ3) is 2.66. The fraction of sp³-hybridized carbons (Fsp3) is 0.800. The maximum absolute atomic E-state index is 9.18. The van der Waals surface area contributed by atoms with Gasteiger partial charge in [0.25, 0.3) is 0 Å². The van der Waals surface area contributed by atoms with E-state index in [0.29, 0.717) is 18.4 Å². The van der Waals surface area contributed by atoms with Gasteiger partial charge in [-0.05, 0) is 31.6 Å². The van der Waals surface area contributed by atoms with Crippen molar-refractivity contribution in [2.75, 3.05) is 18.5 Å². The highest BCUT2D eigenvalue weighted by Gasteiger charge is 2.26. The summed E-state index contributed by atoms with van der Waals surface area (Å²) in [4.78, 5) is 4.26. The van der Waals surface area contributed by atoms with E-state index in [1.807, 2.05) is 6.92 Å². The Balaban J connectivity index is 1.82. The largest absolute Gasteiger partial charge is 0.396 e. The summed E-state index contributed by atoms with van der Waals surface area (Å²) in [5.41, 5.74) is 0. The molecule has 0 saturated heterocycles. The molecule has 0 aliphatic heterocycles. The summed E-state index contributed by atoms with van der Waals surface area (Å²) in [6, 6.07) is 0. The van der Waals surface area contributed by atoms with Crippen LogP contribution in [0, 0.1) is 18.8 Å². The topological polar surface area (TPSA) is 58.0 Å². The Hall–Kier alpha value is -0.680. The van der Waals surface area contributed by atoms with Gasteiger partial charge in [-0.3, -0.25) is 0 Å². The predicted octanol–water partition coefficient (Wildman–Crippen LogP) is 1.67. The monoisotopic (exact) mass is 227 g/mol. The molecule has 5 heteroatoms. The molecule has 2 unspecified atom stereocenters. The molecule has 0 aromatic carbocycles. The lowest BCUT2D eigenvalue weighted by Crippen LogP contribution is -2.20. The number of nitrogens with zero attached hydrogens (tertiary/aromatic N) is 2. The zero-order valence-electron chi connectivity index (χ0n) is 8.94. The third-order valence-electron chi connectivity index (χ3n) is 3.09. The van der Waals surface area contributed by atoms with Gasteiger partial charge in [0.1, 0.15) is 5.82 Å². The number of hydrogen-bond donors (Lipinski definition) is 2. The van der Waals surface area contributed by atoms with Crippen LogP contribution >= 0.6 is 11.5 Å². The minimum absolute atomic E-state index is 0.321. The molecule has 2 N–H and O–H groups in total. The Bertz CT molecular complexity index is 315. The molecule has 0 spiro atoms. The van der Waals surface area contributed by atoms with Crippen LogP contribution < -0.4 is 5.32 Å². The molecule has 2 atom stereocenters. The van der Waals surface area contributed by atoms with Gasteiger partial charge in [0.05, 0.1) is 0 Å². The maximum atomic E-state index is 9.18. The lowest BCUT2D eigenvalue weighted by atomic mass is 9.97. The minimum Gasteiger partial charge on any atom is -0.396 e. The van der Waals surface area contributed by atoms with Gasteiger partial charge in [-0.25, -0.2) is 4.98 Å². The fourth-order valence-electron chi connectivity index (χ4n) is 2.21. The van der Waals surface area contributed by atoms with Gasteiger partial charge >= 0.3 is 0 Å². The number of hydrogen-bond acceptors (Lipinski definition) is 5. The summed E-state index contributed by atoms with van der Waals surface area (Å²) in [5, 5.41) is 13.4. The first kappa shape index (κ1) is 10.8. The van der Waals surface area contributed by atoms with Crippen LogP contribution in [-0.2, 0) is 0 Å². The number of rotatable bonds is 4. The van der Waals surface area contributed by atoms with Crippen molar-refractivity contribution in [3.8, 4) is 0 Å². The molecular weight excluding hydrogens is 210 g/mol. The molecular formula is C10H17N3OS. The van der Waals surface area contributed by atoms with E-state index >= 15 is 0 Å². The highest BCUT2D eigenvalue weighted by Crippen LogP contribution is 2.31. The fourth-order valence-corrected chi connectivity index (χ4v) is 2.79. The Labute approximate surface area is 93.9 Å². The van der Waals surface area contributed by atoms with E-state index in [2.05, 4.69) is 14.7 Å². The molecule has 2 rings (SSSR count). The number of anilines is 1. The van der Waals surface area contributed by atoms with Crippen LogP contribution in [-0.4, -0.2) is 27.6 Å². The van der Waals surface area contributed by atoms with E-state index in [1.165, 1.54) is 24.4 Å². The van der Waals surface area contributed by atoms with Crippen LogP contribution in [0.4, 0.5) is 5.13 Å². The van der Waals surface area contributed by atoms with Crippen LogP contribution in [0.3, 0.4) is 0 Å². The molecule has 0 radical (unpaired) electrons. The minimum atomic E-state index is 0.321. The molecule has 1 aromatic heterocycles. The number of aromatic nitrogens is 2. The average molecular weight is 227 g/mol. The quantitative estimate of drug-likeness (QED) is 0.821. The molecule has 1 aliphatic carbocycles. The Morgan fingerprint density at radius 3 is 2.93 bits per heavy atom. The summed E-state index contributed by atoms with van der Waals surface area (Å²) >= 11 is 1.41. The molecule has 4 nitrogen and oxygen atoms in total. The summed E-state index contributed by atoms with van der Waals surface area (Å²) in [7, 11) is 0. The number of nitrogens with one attached hydrogen (secondary N) is 1. The van der Waals surface area contributed by atoms with E-state index in [9.17, 15) is 5.11 Å². The smallest absolute Gasteiger partial charge is 0.202 e. The molecule has 1 saturated carbocycles. The molecule has 84 valence electrons. The average Bonchev–Trinajstić information content (AvgIpc) is 2.83. The Morgan fingerprint density at radius 1 is 1.47 bits per heavy atom. The standard InChI is InChI=1S/C10H17N3OS/c1-7-12-10(15-13-7)11-5-8-3-2-4-9(8)6-14/h8-9,14H,2-6H2,1H3,(H,11,12,13). The second kappa shape index (κ2) is 4.90. The second-order valence-corrected chi connectivity index (χ2v) is 4.91. The van der Waals surface area contributed by atoms with Crippen molar-refractivity contribution in [3.05, 3.63) is 5.82 Å². The highest BCUT2D eigenvalue weighted by molar-refractivity contribution is 7.09. The van der Waals surface area contributed by atoms with Gasteiger partial charge in [0, 0.05) is 24.7 Å². The van der Waals surface area contributed by atoms with Crippen LogP contribution in [0.15, 0.2) is 0 Å². The van der Waals surface area contributed by atoms with Crippen LogP contribution in [0.25, 0.3) is 0 Å². The number of aryl methyl sites for hydroxylation is 1. The van der Waals surface area contributed by atoms with E-state index in [-0.39, 0.29) is 0 Å². The molecule has 0 amide bonds. The van der Waals surface area contributed by atoms with Crippen molar-refractivity contribution in [2.24, 2.45) is 11.8 Å². The van der Waals surface area contributed by atoms with Gasteiger partial charge in [-0.15, -0.1) is 0 Å². The maximum Gasteiger partial charge on any atom is 0.202 e. The van der Waals surface area contributed by atoms with Crippen molar-refractivity contribution in [1.29, 1.82) is 0 Å². The summed E-state index contributed by atoms with van der Waals surface area (Å²) in [5.74, 6) is 1.90. The summed E-state index contributed by atoms with van der Waals surface area (Å²) in [6.07, 6.45) is 3.63. The van der Waals surface area contributed by atoms with Gasteiger partial charge in [-0.1, -0.05) is 6.42 Å². The first-order valence-corrected chi connectivity index (χ1v) is 6.22. The lowest BCUT2D eigenvalue weighted by molar-refractivity contribution is 0.199. The SMILES string of the molecule is Cc1nsc(NCC2CCCC2CO)n1. The van der Waals surface area contributed by atoms with Crippen molar-refractivity contribution in [1.82, 2.24) is 9.36 Å². The zero-order valence-corrected chi connectivity index (χ0v) is 9.76. The van der Waals surface area contributed by atoms with Crippen molar-refractivity contribution in [3.63, 3.8) is 0 Å². The van der Waals surface area contributed by atoms with E-state index in [4.69, 9.17) is 0 Å². The molecule has 0 bridgehead atoms. The van der Waals surface area contributed by atoms with Crippen LogP contribution in [0.1, 0.15) is 25.1 Å². The molecule has 1 heterocycles. The van der Waals surface area contributed by atoms with Crippen molar-refractivity contribution >= 4 is 16.7 Å². The highest BCUT2D eigenvalue weighted by atomic mass is 32.1. The van der Waals surface area contributed by atoms with Gasteiger partial charge < -0.3 is 10.4 Å². The Morgan fingerprint density at radius 2 is 2.27 bits per heavy atom. The molecule has 1 aliphatic rings. The van der Waals surface area contributed by atoms with Gasteiger partial charge in [0.15, 0.2) is 0 Å². The van der Waals surface area contributed by atoms with Gasteiger partial charge in [0.2, 0.25) is 5.13 Å². The lowest BCUT2D eigenvalue weighted by Gasteiger charge is -2.16. The van der Waals surface area contributed by atoms with Crippen LogP contribution in [0.2, 0.25) is 0 Å². The first-order chi connectivity index (χ1) is 7.29. The number of aliphatic hydroxyl groups is 1. The normalized spacial score (nSPS) is 25.7. The first-order valence-electron chi connectivity index (χ1n) is 5.44. The third-order valence-corrected chi connectivity index (χ3v) is 3.86. The molecule has 15 heavy (non-hydrogen) atoms. The second-order valence-electron chi connectivity index (χ2n) is 4.16. The van der Waals surface area contributed by atoms with Crippen LogP contribution in [0.5, 0.6) is 0 Å². The Kier molecular flexibility index (Phi) is 3.53. The van der Waals surface area contributed by atoms with Crippen molar-refractivity contribution < 1.29 is 5.11 Å². The van der Waals surface area contributed by atoms with E-state index in [1.54, 1.807) is 0 Å². The zero-order chi connectivity index (χ0) is 10.7. The molecule has 1 aromatic rings. The number of aliphatic hydroxyl groups excluding tert-OH is 1. The van der Waals surface area contributed by atoms with Gasteiger partial charge in [-0.2, -0.15) is 4.37 Å². The van der Waals surface area contributed by atoms with Crippen molar-refractivity contribution in [2.45, 2.75) is 26.2 Å².